The Bertz CT molecular complexity index is 1160. The first-order valence-electron chi connectivity index (χ1n) is 10.5. The number of benzene rings is 1. The van der Waals surface area contributed by atoms with Crippen LogP contribution in [0.4, 0.5) is 14.6 Å². The summed E-state index contributed by atoms with van der Waals surface area (Å²) in [5, 5.41) is 16.3. The normalized spacial score (nSPS) is 12.1. The fourth-order valence-corrected chi connectivity index (χ4v) is 3.33. The molecule has 2 N–H and O–H groups in total. The lowest BCUT2D eigenvalue weighted by molar-refractivity contribution is -0.138. The fraction of sp³-hybridized carbons (Fsp3) is 0.348. The molecule has 0 unspecified atom stereocenters. The van der Waals surface area contributed by atoms with Crippen molar-refractivity contribution in [2.45, 2.75) is 33.7 Å². The van der Waals surface area contributed by atoms with Crippen LogP contribution in [0.5, 0.6) is 0 Å². The highest BCUT2D eigenvalue weighted by atomic mass is 19.1. The van der Waals surface area contributed by atoms with Gasteiger partial charge < -0.3 is 10.4 Å². The molecule has 0 aliphatic carbocycles. The van der Waals surface area contributed by atoms with E-state index in [1.807, 2.05) is 13.8 Å². The van der Waals surface area contributed by atoms with Crippen molar-refractivity contribution in [2.24, 2.45) is 11.8 Å². The van der Waals surface area contributed by atoms with E-state index in [1.54, 1.807) is 18.2 Å². The van der Waals surface area contributed by atoms with Crippen LogP contribution < -0.4 is 5.32 Å². The van der Waals surface area contributed by atoms with Gasteiger partial charge in [-0.15, -0.1) is 0 Å². The summed E-state index contributed by atoms with van der Waals surface area (Å²) in [5.74, 6) is -2.52. The summed E-state index contributed by atoms with van der Waals surface area (Å²) >= 11 is 0. The van der Waals surface area contributed by atoms with Gasteiger partial charge in [-0.2, -0.15) is 5.10 Å². The van der Waals surface area contributed by atoms with E-state index in [0.717, 1.165) is 6.20 Å². The SMILES string of the molecule is CC(=O)c1cc(-c2ncc(F)c(NC[C@@H](CC(=O)O)C(C)C)n2)nn1Cc1ccccc1F. The predicted octanol–water partition coefficient (Wildman–Crippen LogP) is 4.03. The van der Waals surface area contributed by atoms with Crippen molar-refractivity contribution in [2.75, 3.05) is 11.9 Å². The lowest BCUT2D eigenvalue weighted by Crippen LogP contribution is -2.23. The van der Waals surface area contributed by atoms with E-state index in [-0.39, 0.29) is 60.2 Å². The Labute approximate surface area is 189 Å². The molecule has 0 bridgehead atoms. The van der Waals surface area contributed by atoms with E-state index in [1.165, 1.54) is 23.7 Å². The average Bonchev–Trinajstić information content (AvgIpc) is 3.17. The second-order valence-corrected chi connectivity index (χ2v) is 8.09. The number of carbonyl (C=O) groups is 2. The second kappa shape index (κ2) is 10.3. The minimum absolute atomic E-state index is 0.0269. The molecule has 0 radical (unpaired) electrons. The number of nitrogens with zero attached hydrogens (tertiary/aromatic N) is 4. The molecule has 0 aliphatic rings. The molecular formula is C23H25F2N5O3. The first kappa shape index (κ1) is 24.0. The highest BCUT2D eigenvalue weighted by Crippen LogP contribution is 2.22. The molecule has 0 amide bonds. The van der Waals surface area contributed by atoms with Crippen LogP contribution >= 0.6 is 0 Å². The topological polar surface area (TPSA) is 110 Å². The van der Waals surface area contributed by atoms with Gasteiger partial charge >= 0.3 is 5.97 Å². The summed E-state index contributed by atoms with van der Waals surface area (Å²) in [6.07, 6.45) is 0.919. The first-order valence-corrected chi connectivity index (χ1v) is 10.5. The van der Waals surface area contributed by atoms with E-state index in [9.17, 15) is 18.4 Å². The fourth-order valence-electron chi connectivity index (χ4n) is 3.33. The zero-order chi connectivity index (χ0) is 24.1. The number of halogens is 2. The number of carbonyl (C=O) groups excluding carboxylic acids is 1. The molecule has 10 heteroatoms. The number of aliphatic carboxylic acids is 1. The van der Waals surface area contributed by atoms with Gasteiger partial charge in [-0.25, -0.2) is 18.7 Å². The summed E-state index contributed by atoms with van der Waals surface area (Å²) in [6, 6.07) is 7.65. The Morgan fingerprint density at radius 2 is 1.91 bits per heavy atom. The smallest absolute Gasteiger partial charge is 0.303 e. The number of anilines is 1. The monoisotopic (exact) mass is 457 g/mol. The van der Waals surface area contributed by atoms with Crippen molar-refractivity contribution in [3.05, 3.63) is 59.4 Å². The van der Waals surface area contributed by atoms with Gasteiger partial charge in [0.1, 0.15) is 17.2 Å². The zero-order valence-corrected chi connectivity index (χ0v) is 18.5. The highest BCUT2D eigenvalue weighted by molar-refractivity contribution is 5.93. The van der Waals surface area contributed by atoms with Crippen LogP contribution in [0.3, 0.4) is 0 Å². The van der Waals surface area contributed by atoms with Crippen LogP contribution in [0.15, 0.2) is 36.5 Å². The molecule has 3 rings (SSSR count). The Hall–Kier alpha value is -3.69. The van der Waals surface area contributed by atoms with Gasteiger partial charge in [0, 0.05) is 19.0 Å². The van der Waals surface area contributed by atoms with Gasteiger partial charge in [0.25, 0.3) is 0 Å². The van der Waals surface area contributed by atoms with Gasteiger partial charge in [0.2, 0.25) is 0 Å². The van der Waals surface area contributed by atoms with E-state index in [0.29, 0.717) is 5.56 Å². The molecular weight excluding hydrogens is 432 g/mol. The maximum Gasteiger partial charge on any atom is 0.303 e. The number of rotatable bonds is 10. The van der Waals surface area contributed by atoms with Crippen LogP contribution in [-0.2, 0) is 11.3 Å². The molecule has 0 aliphatic heterocycles. The van der Waals surface area contributed by atoms with Gasteiger partial charge in [0.05, 0.1) is 19.2 Å². The third-order valence-corrected chi connectivity index (χ3v) is 5.30. The number of aromatic nitrogens is 4. The van der Waals surface area contributed by atoms with Crippen molar-refractivity contribution in [1.29, 1.82) is 0 Å². The van der Waals surface area contributed by atoms with Crippen molar-refractivity contribution in [3.8, 4) is 11.5 Å². The predicted molar refractivity (Wildman–Crippen MR) is 118 cm³/mol. The summed E-state index contributed by atoms with van der Waals surface area (Å²) in [6.45, 7) is 5.38. The van der Waals surface area contributed by atoms with Crippen LogP contribution in [0.2, 0.25) is 0 Å². The minimum atomic E-state index is -0.934. The average molecular weight is 457 g/mol. The molecule has 0 spiro atoms. The molecule has 3 aromatic rings. The summed E-state index contributed by atoms with van der Waals surface area (Å²) in [7, 11) is 0. The Balaban J connectivity index is 1.88. The van der Waals surface area contributed by atoms with Crippen LogP contribution in [-0.4, -0.2) is 43.2 Å². The molecule has 0 saturated carbocycles. The van der Waals surface area contributed by atoms with Crippen molar-refractivity contribution in [3.63, 3.8) is 0 Å². The standard InChI is InChI=1S/C23H25F2N5O3/c1-13(2)16(8-21(32)33)10-26-22-18(25)11-27-23(28-22)19-9-20(14(3)31)30(29-19)12-15-6-4-5-7-17(15)24/h4-7,9,11,13,16H,8,10,12H2,1-3H3,(H,32,33)(H,26,27,28)/t16-/m1/s1. The lowest BCUT2D eigenvalue weighted by atomic mass is 9.92. The van der Waals surface area contributed by atoms with Gasteiger partial charge in [-0.1, -0.05) is 32.0 Å². The molecule has 174 valence electrons. The summed E-state index contributed by atoms with van der Waals surface area (Å²) in [5.41, 5.74) is 0.817. The second-order valence-electron chi connectivity index (χ2n) is 8.09. The molecule has 8 nitrogen and oxygen atoms in total. The highest BCUT2D eigenvalue weighted by Gasteiger charge is 2.20. The molecule has 0 fully saturated rings. The number of carboxylic acid groups (broad SMARTS) is 1. The van der Waals surface area contributed by atoms with Gasteiger partial charge in [-0.05, 0) is 24.0 Å². The van der Waals surface area contributed by atoms with Crippen LogP contribution in [0.25, 0.3) is 11.5 Å². The van der Waals surface area contributed by atoms with E-state index in [4.69, 9.17) is 5.11 Å². The summed E-state index contributed by atoms with van der Waals surface area (Å²) in [4.78, 5) is 31.4. The number of hydrogen-bond acceptors (Lipinski definition) is 6. The number of carboxylic acids is 1. The minimum Gasteiger partial charge on any atom is -0.481 e. The van der Waals surface area contributed by atoms with Gasteiger partial charge in [-0.3, -0.25) is 14.3 Å². The maximum absolute atomic E-state index is 14.3. The molecule has 1 atom stereocenters. The van der Waals surface area contributed by atoms with Crippen molar-refractivity contribution in [1.82, 2.24) is 19.7 Å². The number of Topliss-reactive ketones (excluding diaryl/α,β-unsaturated/α-hetero) is 1. The molecule has 2 heterocycles. The molecule has 1 aromatic carbocycles. The van der Waals surface area contributed by atoms with Gasteiger partial charge in [0.15, 0.2) is 23.2 Å². The summed E-state index contributed by atoms with van der Waals surface area (Å²) < 4.78 is 29.8. The van der Waals surface area contributed by atoms with E-state index in [2.05, 4.69) is 20.4 Å². The molecule has 33 heavy (non-hydrogen) atoms. The Morgan fingerprint density at radius 1 is 1.18 bits per heavy atom. The maximum atomic E-state index is 14.3. The van der Waals surface area contributed by atoms with Crippen LogP contribution in [0.1, 0.15) is 43.2 Å². The first-order chi connectivity index (χ1) is 15.7. The lowest BCUT2D eigenvalue weighted by Gasteiger charge is -2.19. The van der Waals surface area contributed by atoms with E-state index < -0.39 is 17.6 Å². The Morgan fingerprint density at radius 3 is 2.55 bits per heavy atom. The Kier molecular flexibility index (Phi) is 7.47. The third-order valence-electron chi connectivity index (χ3n) is 5.30. The van der Waals surface area contributed by atoms with Crippen molar-refractivity contribution >= 4 is 17.6 Å². The molecule has 0 saturated heterocycles. The largest absolute Gasteiger partial charge is 0.481 e. The molecule has 2 aromatic heterocycles. The van der Waals surface area contributed by atoms with Crippen molar-refractivity contribution < 1.29 is 23.5 Å². The zero-order valence-electron chi connectivity index (χ0n) is 18.5. The van der Waals surface area contributed by atoms with E-state index >= 15 is 0 Å². The quantitative estimate of drug-likeness (QED) is 0.442. The number of nitrogens with one attached hydrogen (secondary N) is 1. The number of hydrogen-bond donors (Lipinski definition) is 2. The number of ketones is 1. The third kappa shape index (κ3) is 5.97. The van der Waals surface area contributed by atoms with Crippen LogP contribution in [0, 0.1) is 23.5 Å².